The first kappa shape index (κ1) is 21.0. The maximum Gasteiger partial charge on any atom is 0.220 e. The number of rotatable bonds is 7. The molecule has 3 N–H and O–H groups in total. The van der Waals surface area contributed by atoms with Crippen LogP contribution in [0.25, 0.3) is 0 Å². The fourth-order valence-electron chi connectivity index (χ4n) is 3.14. The predicted octanol–water partition coefficient (Wildman–Crippen LogP) is 4.50. The molecule has 2 aromatic rings. The Morgan fingerprint density at radius 1 is 1.08 bits per heavy atom. The highest BCUT2D eigenvalue weighted by atomic mass is 35.5. The molecule has 0 aliphatic rings. The highest BCUT2D eigenvalue weighted by Gasteiger charge is 2.30. The molecular formula is C21H29ClN2O. The second kappa shape index (κ2) is 9.47. The summed E-state index contributed by atoms with van der Waals surface area (Å²) in [6.45, 7) is 6.49. The lowest BCUT2D eigenvalue weighted by Gasteiger charge is -2.35. The maximum absolute atomic E-state index is 12.4. The van der Waals surface area contributed by atoms with E-state index in [-0.39, 0.29) is 29.8 Å². The van der Waals surface area contributed by atoms with Crippen LogP contribution in [0.3, 0.4) is 0 Å². The number of nitrogens with two attached hydrogens (primary N) is 1. The van der Waals surface area contributed by atoms with Gasteiger partial charge in [-0.3, -0.25) is 4.79 Å². The Morgan fingerprint density at radius 2 is 1.68 bits per heavy atom. The van der Waals surface area contributed by atoms with Crippen molar-refractivity contribution in [3.05, 3.63) is 65.7 Å². The van der Waals surface area contributed by atoms with Crippen molar-refractivity contribution in [2.75, 3.05) is 5.73 Å². The average molecular weight is 361 g/mol. The van der Waals surface area contributed by atoms with E-state index in [4.69, 9.17) is 5.73 Å². The lowest BCUT2D eigenvalue weighted by molar-refractivity contribution is -0.122. The molecule has 1 unspecified atom stereocenters. The minimum Gasteiger partial charge on any atom is -0.399 e. The first-order valence-corrected chi connectivity index (χ1v) is 8.63. The quantitative estimate of drug-likeness (QED) is 0.714. The van der Waals surface area contributed by atoms with Crippen LogP contribution in [-0.2, 0) is 16.6 Å². The summed E-state index contributed by atoms with van der Waals surface area (Å²) in [5.41, 5.74) is 8.86. The van der Waals surface area contributed by atoms with Crippen LogP contribution in [0.1, 0.15) is 44.7 Å². The molecule has 0 bridgehead atoms. The van der Waals surface area contributed by atoms with Crippen molar-refractivity contribution in [2.45, 2.75) is 51.5 Å². The third-order valence-corrected chi connectivity index (χ3v) is 4.81. The van der Waals surface area contributed by atoms with Gasteiger partial charge in [-0.2, -0.15) is 0 Å². The van der Waals surface area contributed by atoms with Gasteiger partial charge in [-0.05, 0) is 30.0 Å². The molecule has 3 nitrogen and oxygen atoms in total. The Morgan fingerprint density at radius 3 is 2.28 bits per heavy atom. The van der Waals surface area contributed by atoms with Crippen molar-refractivity contribution in [3.63, 3.8) is 0 Å². The fourth-order valence-corrected chi connectivity index (χ4v) is 3.14. The number of hydrogen-bond acceptors (Lipinski definition) is 2. The van der Waals surface area contributed by atoms with E-state index in [0.717, 1.165) is 17.7 Å². The van der Waals surface area contributed by atoms with Gasteiger partial charge in [-0.15, -0.1) is 12.4 Å². The summed E-state index contributed by atoms with van der Waals surface area (Å²) in [6.07, 6.45) is 2.01. The van der Waals surface area contributed by atoms with Gasteiger partial charge in [0.15, 0.2) is 0 Å². The Balaban J connectivity index is 0.00000312. The number of aryl methyl sites for hydroxylation is 1. The molecule has 0 saturated carbocycles. The van der Waals surface area contributed by atoms with Gasteiger partial charge in [0.25, 0.3) is 0 Å². The Labute approximate surface area is 157 Å². The van der Waals surface area contributed by atoms with Crippen molar-refractivity contribution in [2.24, 2.45) is 0 Å². The van der Waals surface area contributed by atoms with Crippen molar-refractivity contribution in [3.8, 4) is 0 Å². The Kier molecular flexibility index (Phi) is 7.98. The SMILES string of the molecule is CCC(NC(=O)CCc1ccccc1N)C(C)(C)c1ccccc1.Cl. The third kappa shape index (κ3) is 5.50. The summed E-state index contributed by atoms with van der Waals surface area (Å²) in [6, 6.07) is 18.2. The molecule has 4 heteroatoms. The van der Waals surface area contributed by atoms with Gasteiger partial charge in [-0.25, -0.2) is 0 Å². The minimum atomic E-state index is -0.114. The Bertz CT molecular complexity index is 671. The van der Waals surface area contributed by atoms with E-state index < -0.39 is 0 Å². The molecule has 2 aromatic carbocycles. The van der Waals surface area contributed by atoms with Crippen LogP contribution in [0.2, 0.25) is 0 Å². The number of nitrogen functional groups attached to an aromatic ring is 1. The average Bonchev–Trinajstić information content (AvgIpc) is 2.59. The number of amides is 1. The molecule has 0 spiro atoms. The third-order valence-electron chi connectivity index (χ3n) is 4.81. The van der Waals surface area contributed by atoms with E-state index in [9.17, 15) is 4.79 Å². The normalized spacial score (nSPS) is 12.1. The van der Waals surface area contributed by atoms with Crippen LogP contribution in [0.5, 0.6) is 0 Å². The smallest absolute Gasteiger partial charge is 0.220 e. The zero-order chi connectivity index (χ0) is 17.6. The number of para-hydroxylation sites is 1. The number of carbonyl (C=O) groups excluding carboxylic acids is 1. The van der Waals surface area contributed by atoms with E-state index in [1.165, 1.54) is 5.56 Å². The first-order valence-electron chi connectivity index (χ1n) is 8.63. The Hall–Kier alpha value is -2.00. The zero-order valence-electron chi connectivity index (χ0n) is 15.3. The summed E-state index contributed by atoms with van der Waals surface area (Å²) in [7, 11) is 0. The molecule has 25 heavy (non-hydrogen) atoms. The predicted molar refractivity (Wildman–Crippen MR) is 108 cm³/mol. The second-order valence-electron chi connectivity index (χ2n) is 6.81. The molecule has 0 fully saturated rings. The van der Waals surface area contributed by atoms with E-state index in [1.54, 1.807) is 0 Å². The zero-order valence-corrected chi connectivity index (χ0v) is 16.1. The second-order valence-corrected chi connectivity index (χ2v) is 6.81. The number of benzene rings is 2. The summed E-state index contributed by atoms with van der Waals surface area (Å²) in [4.78, 5) is 12.4. The van der Waals surface area contributed by atoms with Crippen molar-refractivity contribution in [1.29, 1.82) is 0 Å². The van der Waals surface area contributed by atoms with E-state index >= 15 is 0 Å². The first-order chi connectivity index (χ1) is 11.4. The molecule has 2 rings (SSSR count). The number of anilines is 1. The largest absolute Gasteiger partial charge is 0.399 e. The molecule has 0 aliphatic heterocycles. The standard InChI is InChI=1S/C21H28N2O.ClH/c1-4-19(21(2,3)17-11-6-5-7-12-17)23-20(24)15-14-16-10-8-9-13-18(16)22;/h5-13,19H,4,14-15,22H2,1-3H3,(H,23,24);1H. The van der Waals surface area contributed by atoms with E-state index in [1.807, 2.05) is 42.5 Å². The van der Waals surface area contributed by atoms with E-state index in [0.29, 0.717) is 12.8 Å². The molecule has 1 amide bonds. The number of hydrogen-bond donors (Lipinski definition) is 2. The van der Waals surface area contributed by atoms with Crippen molar-refractivity contribution in [1.82, 2.24) is 5.32 Å². The molecule has 0 saturated heterocycles. The number of carbonyl (C=O) groups is 1. The maximum atomic E-state index is 12.4. The van der Waals surface area contributed by atoms with Crippen LogP contribution < -0.4 is 11.1 Å². The van der Waals surface area contributed by atoms with Gasteiger partial charge in [0.2, 0.25) is 5.91 Å². The fraction of sp³-hybridized carbons (Fsp3) is 0.381. The number of nitrogens with one attached hydrogen (secondary N) is 1. The summed E-state index contributed by atoms with van der Waals surface area (Å²) >= 11 is 0. The van der Waals surface area contributed by atoms with Gasteiger partial charge >= 0.3 is 0 Å². The molecule has 136 valence electrons. The van der Waals surface area contributed by atoms with Crippen molar-refractivity contribution >= 4 is 24.0 Å². The van der Waals surface area contributed by atoms with Crippen LogP contribution in [0.4, 0.5) is 5.69 Å². The summed E-state index contributed by atoms with van der Waals surface area (Å²) in [5.74, 6) is 0.0779. The van der Waals surface area contributed by atoms with Gasteiger partial charge in [0, 0.05) is 23.6 Å². The summed E-state index contributed by atoms with van der Waals surface area (Å²) < 4.78 is 0. The lowest BCUT2D eigenvalue weighted by Crippen LogP contribution is -2.47. The minimum absolute atomic E-state index is 0. The number of halogens is 1. The molecule has 0 radical (unpaired) electrons. The van der Waals surface area contributed by atoms with Gasteiger partial charge in [0.05, 0.1) is 0 Å². The highest BCUT2D eigenvalue weighted by Crippen LogP contribution is 2.28. The van der Waals surface area contributed by atoms with Crippen LogP contribution in [0.15, 0.2) is 54.6 Å². The van der Waals surface area contributed by atoms with Gasteiger partial charge in [0.1, 0.15) is 0 Å². The van der Waals surface area contributed by atoms with Gasteiger partial charge < -0.3 is 11.1 Å². The molecule has 1 atom stereocenters. The monoisotopic (exact) mass is 360 g/mol. The van der Waals surface area contributed by atoms with E-state index in [2.05, 4.69) is 38.2 Å². The molecule has 0 aromatic heterocycles. The summed E-state index contributed by atoms with van der Waals surface area (Å²) in [5, 5.41) is 3.22. The highest BCUT2D eigenvalue weighted by molar-refractivity contribution is 5.85. The van der Waals surface area contributed by atoms with Crippen LogP contribution >= 0.6 is 12.4 Å². The lowest BCUT2D eigenvalue weighted by atomic mass is 9.76. The van der Waals surface area contributed by atoms with Crippen molar-refractivity contribution < 1.29 is 4.79 Å². The molecule has 0 aliphatic carbocycles. The molecular weight excluding hydrogens is 332 g/mol. The van der Waals surface area contributed by atoms with Gasteiger partial charge in [-0.1, -0.05) is 69.3 Å². The van der Waals surface area contributed by atoms with Crippen LogP contribution in [0, 0.1) is 0 Å². The van der Waals surface area contributed by atoms with Crippen LogP contribution in [-0.4, -0.2) is 11.9 Å². The topological polar surface area (TPSA) is 55.1 Å². The molecule has 0 heterocycles.